The number of ether oxygens (including phenoxy) is 2. The first-order chi connectivity index (χ1) is 13.2. The summed E-state index contributed by atoms with van der Waals surface area (Å²) >= 11 is 1.21. The molecule has 0 saturated carbocycles. The summed E-state index contributed by atoms with van der Waals surface area (Å²) in [6.45, 7) is 0.958. The second-order valence-corrected chi connectivity index (χ2v) is 6.59. The Morgan fingerprint density at radius 2 is 1.81 bits per heavy atom. The molecule has 0 bridgehead atoms. The molecule has 0 saturated heterocycles. The van der Waals surface area contributed by atoms with E-state index in [9.17, 15) is 10.1 Å². The van der Waals surface area contributed by atoms with Gasteiger partial charge in [-0.25, -0.2) is 9.97 Å². The van der Waals surface area contributed by atoms with Gasteiger partial charge in [0.1, 0.15) is 19.5 Å². The van der Waals surface area contributed by atoms with Crippen LogP contribution in [-0.2, 0) is 0 Å². The number of rotatable bonds is 5. The molecule has 1 aliphatic rings. The first-order valence-corrected chi connectivity index (χ1v) is 8.91. The highest BCUT2D eigenvalue weighted by molar-refractivity contribution is 7.99. The fourth-order valence-electron chi connectivity index (χ4n) is 2.55. The lowest BCUT2D eigenvalue weighted by atomic mass is 10.2. The van der Waals surface area contributed by atoms with Gasteiger partial charge in [0.05, 0.1) is 4.92 Å². The molecular weight excluding hydrogens is 368 g/mol. The molecule has 1 N–H and O–H groups in total. The van der Waals surface area contributed by atoms with Crippen molar-refractivity contribution in [1.29, 1.82) is 0 Å². The highest BCUT2D eigenvalue weighted by Gasteiger charge is 2.24. The number of nitrogens with one attached hydrogen (secondary N) is 1. The molecule has 4 rings (SSSR count). The monoisotopic (exact) mass is 382 g/mol. The molecule has 27 heavy (non-hydrogen) atoms. The molecule has 0 spiro atoms. The molecule has 0 atom stereocenters. The summed E-state index contributed by atoms with van der Waals surface area (Å²) in [6.07, 6.45) is 1.30. The Hall–Kier alpha value is -3.33. The highest BCUT2D eigenvalue weighted by atomic mass is 32.2. The fourth-order valence-corrected chi connectivity index (χ4v) is 3.44. The summed E-state index contributed by atoms with van der Waals surface area (Å²) < 4.78 is 11.0. The fraction of sp³-hybridized carbons (Fsp3) is 0.111. The summed E-state index contributed by atoms with van der Waals surface area (Å²) in [7, 11) is 0. The van der Waals surface area contributed by atoms with Crippen LogP contribution in [0.25, 0.3) is 0 Å². The van der Waals surface area contributed by atoms with Crippen LogP contribution in [-0.4, -0.2) is 28.1 Å². The van der Waals surface area contributed by atoms with Crippen LogP contribution in [0.4, 0.5) is 17.2 Å². The molecule has 2 aromatic carbocycles. The van der Waals surface area contributed by atoms with Crippen molar-refractivity contribution in [3.8, 4) is 11.5 Å². The van der Waals surface area contributed by atoms with Crippen molar-refractivity contribution in [1.82, 2.24) is 9.97 Å². The van der Waals surface area contributed by atoms with E-state index < -0.39 is 4.92 Å². The van der Waals surface area contributed by atoms with E-state index in [2.05, 4.69) is 15.3 Å². The Bertz CT molecular complexity index is 984. The molecule has 0 unspecified atom stereocenters. The molecule has 1 aromatic heterocycles. The third kappa shape index (κ3) is 3.77. The minimum absolute atomic E-state index is 0.116. The Labute approximate surface area is 158 Å². The van der Waals surface area contributed by atoms with Crippen LogP contribution in [0.3, 0.4) is 0 Å². The van der Waals surface area contributed by atoms with Gasteiger partial charge in [-0.2, -0.15) is 0 Å². The van der Waals surface area contributed by atoms with Crippen molar-refractivity contribution in [2.24, 2.45) is 0 Å². The van der Waals surface area contributed by atoms with Crippen molar-refractivity contribution >= 4 is 29.0 Å². The molecule has 8 nitrogen and oxygen atoms in total. The second-order valence-electron chi connectivity index (χ2n) is 5.53. The van der Waals surface area contributed by atoms with Gasteiger partial charge in [-0.1, -0.05) is 30.0 Å². The van der Waals surface area contributed by atoms with Crippen LogP contribution in [0.15, 0.2) is 64.8 Å². The summed E-state index contributed by atoms with van der Waals surface area (Å²) in [5.74, 6) is 1.34. The number of nitrogens with zero attached hydrogens (tertiary/aromatic N) is 3. The zero-order valence-corrected chi connectivity index (χ0v) is 14.8. The molecule has 0 fully saturated rings. The molecule has 0 aliphatic carbocycles. The number of nitro groups is 1. The predicted octanol–water partition coefficient (Wildman–Crippen LogP) is 4.05. The number of fused-ring (bicyclic) bond motifs is 1. The van der Waals surface area contributed by atoms with Gasteiger partial charge in [0.2, 0.25) is 5.82 Å². The van der Waals surface area contributed by atoms with E-state index in [-0.39, 0.29) is 16.5 Å². The molecular formula is C18H14N4O4S. The first-order valence-electron chi connectivity index (χ1n) is 8.09. The van der Waals surface area contributed by atoms with Gasteiger partial charge in [0.25, 0.3) is 0 Å². The second kappa shape index (κ2) is 7.50. The van der Waals surface area contributed by atoms with Crippen LogP contribution in [0.1, 0.15) is 0 Å². The number of aromatic nitrogens is 2. The molecule has 136 valence electrons. The van der Waals surface area contributed by atoms with Crippen molar-refractivity contribution < 1.29 is 14.4 Å². The molecule has 9 heteroatoms. The van der Waals surface area contributed by atoms with Gasteiger partial charge in [-0.3, -0.25) is 10.1 Å². The van der Waals surface area contributed by atoms with Gasteiger partial charge >= 0.3 is 5.69 Å². The van der Waals surface area contributed by atoms with Gasteiger partial charge in [0, 0.05) is 16.6 Å². The van der Waals surface area contributed by atoms with Crippen LogP contribution in [0, 0.1) is 10.1 Å². The number of hydrogen-bond donors (Lipinski definition) is 1. The smallest absolute Gasteiger partial charge is 0.343 e. The van der Waals surface area contributed by atoms with E-state index in [1.54, 1.807) is 18.2 Å². The van der Waals surface area contributed by atoms with Gasteiger partial charge in [-0.15, -0.1) is 0 Å². The normalized spacial score (nSPS) is 12.4. The lowest BCUT2D eigenvalue weighted by Gasteiger charge is -2.19. The maximum Gasteiger partial charge on any atom is 0.343 e. The Morgan fingerprint density at radius 1 is 1.04 bits per heavy atom. The number of benzene rings is 2. The highest BCUT2D eigenvalue weighted by Crippen LogP contribution is 2.39. The van der Waals surface area contributed by atoms with Gasteiger partial charge in [0.15, 0.2) is 16.5 Å². The summed E-state index contributed by atoms with van der Waals surface area (Å²) in [6, 6.07) is 14.6. The van der Waals surface area contributed by atoms with Crippen LogP contribution < -0.4 is 14.8 Å². The minimum atomic E-state index is -0.481. The van der Waals surface area contributed by atoms with Crippen LogP contribution in [0.2, 0.25) is 0 Å². The van der Waals surface area contributed by atoms with Crippen molar-refractivity contribution in [3.05, 3.63) is 65.0 Å². The summed E-state index contributed by atoms with van der Waals surface area (Å²) in [5, 5.41) is 14.9. The predicted molar refractivity (Wildman–Crippen MR) is 100.0 cm³/mol. The van der Waals surface area contributed by atoms with E-state index in [4.69, 9.17) is 9.47 Å². The first kappa shape index (κ1) is 17.1. The zero-order chi connectivity index (χ0) is 18.6. The summed E-state index contributed by atoms with van der Waals surface area (Å²) in [5.41, 5.74) is 0.429. The van der Waals surface area contributed by atoms with Crippen LogP contribution in [0.5, 0.6) is 11.5 Å². The third-order valence-electron chi connectivity index (χ3n) is 3.73. The average Bonchev–Trinajstić information content (AvgIpc) is 2.68. The SMILES string of the molecule is O=[N+]([O-])c1c(Nc2ccc3c(c2)OCCO3)ncnc1Sc1ccccc1. The largest absolute Gasteiger partial charge is 0.486 e. The van der Waals surface area contributed by atoms with E-state index >= 15 is 0 Å². The van der Waals surface area contributed by atoms with E-state index in [0.29, 0.717) is 30.4 Å². The van der Waals surface area contributed by atoms with Crippen molar-refractivity contribution in [3.63, 3.8) is 0 Å². The maximum atomic E-state index is 11.7. The van der Waals surface area contributed by atoms with Crippen molar-refractivity contribution in [2.75, 3.05) is 18.5 Å². The Morgan fingerprint density at radius 3 is 2.59 bits per heavy atom. The van der Waals surface area contributed by atoms with E-state index in [1.165, 1.54) is 18.1 Å². The average molecular weight is 382 g/mol. The van der Waals surface area contributed by atoms with E-state index in [0.717, 1.165) is 4.90 Å². The molecule has 3 aromatic rings. The lowest BCUT2D eigenvalue weighted by molar-refractivity contribution is -0.387. The van der Waals surface area contributed by atoms with Gasteiger partial charge < -0.3 is 14.8 Å². The Balaban J connectivity index is 1.66. The zero-order valence-electron chi connectivity index (χ0n) is 14.0. The molecule has 2 heterocycles. The van der Waals surface area contributed by atoms with Gasteiger partial charge in [-0.05, 0) is 24.3 Å². The third-order valence-corrected chi connectivity index (χ3v) is 4.73. The maximum absolute atomic E-state index is 11.7. The van der Waals surface area contributed by atoms with Crippen molar-refractivity contribution in [2.45, 2.75) is 9.92 Å². The molecule has 1 aliphatic heterocycles. The Kier molecular flexibility index (Phi) is 4.75. The number of anilines is 2. The topological polar surface area (TPSA) is 99.4 Å². The quantitative estimate of drug-likeness (QED) is 0.401. The number of hydrogen-bond acceptors (Lipinski definition) is 8. The minimum Gasteiger partial charge on any atom is -0.486 e. The molecule has 0 radical (unpaired) electrons. The standard InChI is InChI=1S/C18H14N4O4S/c23-22(24)16-17(19-11-20-18(16)27-13-4-2-1-3-5-13)21-12-6-7-14-15(10-12)26-9-8-25-14/h1-7,10-11H,8-9H2,(H,19,20,21). The van der Waals surface area contributed by atoms with E-state index in [1.807, 2.05) is 30.3 Å². The van der Waals surface area contributed by atoms with Crippen LogP contribution >= 0.6 is 11.8 Å². The lowest BCUT2D eigenvalue weighted by Crippen LogP contribution is -2.15. The molecule has 0 amide bonds. The summed E-state index contributed by atoms with van der Waals surface area (Å²) in [4.78, 5) is 20.2.